The lowest BCUT2D eigenvalue weighted by molar-refractivity contribution is -0.221. The topological polar surface area (TPSA) is 98.0 Å². The first kappa shape index (κ1) is 25.3. The smallest absolute Gasteiger partial charge is 0.137 e. The SMILES string of the molecule is CC(C)C(/C=C/[C@@H](C)[C@H]1CC(=O)[C@@H]2[C@@H]3[C@@H](O)[C@H](O)[C@H]4C[C@@H](O)CC[C@]4(C)[C@H]3CC[C@]12C)CO. The zero-order chi connectivity index (χ0) is 24.3. The van der Waals surface area contributed by atoms with Crippen LogP contribution in [0.15, 0.2) is 12.2 Å². The summed E-state index contributed by atoms with van der Waals surface area (Å²) in [4.78, 5) is 13.6. The third-order valence-electron chi connectivity index (χ3n) is 10.9. The number of hydrogen-bond donors (Lipinski definition) is 4. The number of fused-ring (bicyclic) bond motifs is 5. The molecule has 0 aromatic heterocycles. The second-order valence-corrected chi connectivity index (χ2v) is 12.8. The number of aliphatic hydroxyl groups excluding tert-OH is 4. The molecule has 0 aromatic rings. The molecular weight excluding hydrogens is 416 g/mol. The second kappa shape index (κ2) is 9.04. The fourth-order valence-electron chi connectivity index (χ4n) is 8.80. The van der Waals surface area contributed by atoms with Crippen molar-refractivity contribution in [1.29, 1.82) is 0 Å². The van der Waals surface area contributed by atoms with Gasteiger partial charge in [0.1, 0.15) is 5.78 Å². The van der Waals surface area contributed by atoms with E-state index in [-0.39, 0.29) is 64.6 Å². The van der Waals surface area contributed by atoms with Crippen molar-refractivity contribution in [2.45, 2.75) is 91.5 Å². The minimum Gasteiger partial charge on any atom is -0.396 e. The lowest BCUT2D eigenvalue weighted by atomic mass is 9.43. The molecule has 0 radical (unpaired) electrons. The summed E-state index contributed by atoms with van der Waals surface area (Å²) in [6, 6.07) is 0. The number of aliphatic hydroxyl groups is 4. The molecule has 4 fully saturated rings. The van der Waals surface area contributed by atoms with E-state index in [1.54, 1.807) is 0 Å². The van der Waals surface area contributed by atoms with Crippen molar-refractivity contribution in [1.82, 2.24) is 0 Å². The Bertz CT molecular complexity index is 763. The number of ketones is 1. The van der Waals surface area contributed by atoms with Crippen molar-refractivity contribution in [3.63, 3.8) is 0 Å². The predicted octanol–water partition coefficient (Wildman–Crippen LogP) is 3.58. The molecule has 4 rings (SSSR count). The molecule has 0 bridgehead atoms. The minimum atomic E-state index is -0.906. The van der Waals surface area contributed by atoms with Crippen molar-refractivity contribution >= 4 is 5.78 Å². The van der Waals surface area contributed by atoms with Crippen LogP contribution in [-0.2, 0) is 4.79 Å². The van der Waals surface area contributed by atoms with Gasteiger partial charge in [-0.05, 0) is 72.5 Å². The van der Waals surface area contributed by atoms with E-state index in [4.69, 9.17) is 0 Å². The summed E-state index contributed by atoms with van der Waals surface area (Å²) < 4.78 is 0. The summed E-state index contributed by atoms with van der Waals surface area (Å²) in [5.74, 6) is 0.844. The van der Waals surface area contributed by atoms with Gasteiger partial charge in [0.05, 0.1) is 18.3 Å². The number of carbonyl (C=O) groups is 1. The van der Waals surface area contributed by atoms with Crippen LogP contribution in [0.3, 0.4) is 0 Å². The van der Waals surface area contributed by atoms with Crippen molar-refractivity contribution in [2.24, 2.45) is 58.2 Å². The lowest BCUT2D eigenvalue weighted by Gasteiger charge is -2.63. The third kappa shape index (κ3) is 3.95. The quantitative estimate of drug-likeness (QED) is 0.468. The highest BCUT2D eigenvalue weighted by Gasteiger charge is 2.67. The monoisotopic (exact) mass is 462 g/mol. The maximum atomic E-state index is 13.6. The van der Waals surface area contributed by atoms with E-state index in [9.17, 15) is 25.2 Å². The summed E-state index contributed by atoms with van der Waals surface area (Å²) in [5, 5.41) is 42.5. The molecular formula is C28H46O5. The molecule has 4 aliphatic carbocycles. The largest absolute Gasteiger partial charge is 0.396 e. The molecule has 1 unspecified atom stereocenters. The molecule has 0 saturated heterocycles. The summed E-state index contributed by atoms with van der Waals surface area (Å²) in [6.45, 7) is 11.0. The molecule has 4 N–H and O–H groups in total. The van der Waals surface area contributed by atoms with Crippen LogP contribution in [-0.4, -0.2) is 51.1 Å². The summed E-state index contributed by atoms with van der Waals surface area (Å²) in [5.41, 5.74) is -0.327. The van der Waals surface area contributed by atoms with E-state index in [1.807, 2.05) is 0 Å². The number of Topliss-reactive ketones (excluding diaryl/α,β-unsaturated/α-hetero) is 1. The van der Waals surface area contributed by atoms with Gasteiger partial charge >= 0.3 is 0 Å². The normalized spacial score (nSPS) is 49.6. The van der Waals surface area contributed by atoms with Gasteiger partial charge in [-0.2, -0.15) is 0 Å². The highest BCUT2D eigenvalue weighted by molar-refractivity contribution is 5.85. The van der Waals surface area contributed by atoms with Crippen LogP contribution >= 0.6 is 0 Å². The van der Waals surface area contributed by atoms with Crippen molar-refractivity contribution in [3.05, 3.63) is 12.2 Å². The van der Waals surface area contributed by atoms with Gasteiger partial charge < -0.3 is 20.4 Å². The molecule has 0 aliphatic heterocycles. The van der Waals surface area contributed by atoms with Gasteiger partial charge in [0, 0.05) is 30.8 Å². The zero-order valence-corrected chi connectivity index (χ0v) is 21.2. The predicted molar refractivity (Wildman–Crippen MR) is 128 cm³/mol. The average Bonchev–Trinajstić information content (AvgIpc) is 3.04. The standard InChI is InChI=1S/C28H46O5/c1-15(2)17(14-29)7-6-16(3)20-13-22(31)24-23-19(9-11-28(20,24)5)27(4)10-8-18(30)12-21(27)25(32)26(23)33/h6-7,15-21,23-26,29-30,32-33H,8-14H2,1-5H3/b7-6+/t16-,17?,18+,19+,20-,21-,23-,24-,25-,26-,27-,28-/m1/s1. The molecule has 0 amide bonds. The molecule has 4 aliphatic rings. The third-order valence-corrected chi connectivity index (χ3v) is 10.9. The fourth-order valence-corrected chi connectivity index (χ4v) is 8.80. The Morgan fingerprint density at radius 1 is 0.970 bits per heavy atom. The van der Waals surface area contributed by atoms with E-state index < -0.39 is 18.3 Å². The van der Waals surface area contributed by atoms with Crippen molar-refractivity contribution in [2.75, 3.05) is 6.61 Å². The highest BCUT2D eigenvalue weighted by Crippen LogP contribution is 2.67. The van der Waals surface area contributed by atoms with Crippen molar-refractivity contribution in [3.8, 4) is 0 Å². The van der Waals surface area contributed by atoms with Gasteiger partial charge in [0.25, 0.3) is 0 Å². The second-order valence-electron chi connectivity index (χ2n) is 12.8. The van der Waals surface area contributed by atoms with E-state index in [0.29, 0.717) is 18.8 Å². The molecule has 5 nitrogen and oxygen atoms in total. The first-order chi connectivity index (χ1) is 15.5. The molecule has 33 heavy (non-hydrogen) atoms. The van der Waals surface area contributed by atoms with Gasteiger partial charge in [-0.15, -0.1) is 0 Å². The maximum absolute atomic E-state index is 13.6. The molecule has 4 saturated carbocycles. The zero-order valence-electron chi connectivity index (χ0n) is 21.2. The average molecular weight is 463 g/mol. The van der Waals surface area contributed by atoms with Gasteiger partial charge in [-0.3, -0.25) is 4.79 Å². The van der Waals surface area contributed by atoms with Gasteiger partial charge in [0.2, 0.25) is 0 Å². The summed E-state index contributed by atoms with van der Waals surface area (Å²) in [6.07, 6.45) is 6.72. The maximum Gasteiger partial charge on any atom is 0.137 e. The van der Waals surface area contributed by atoms with Crippen LogP contribution in [0.4, 0.5) is 0 Å². The first-order valence-electron chi connectivity index (χ1n) is 13.3. The molecule has 5 heteroatoms. The Kier molecular flexibility index (Phi) is 6.94. The minimum absolute atomic E-state index is 0.109. The molecule has 0 spiro atoms. The molecule has 0 aromatic carbocycles. The Hall–Kier alpha value is -0.750. The Morgan fingerprint density at radius 3 is 2.27 bits per heavy atom. The number of rotatable bonds is 5. The Morgan fingerprint density at radius 2 is 1.64 bits per heavy atom. The first-order valence-corrected chi connectivity index (χ1v) is 13.3. The lowest BCUT2D eigenvalue weighted by Crippen LogP contribution is -2.64. The van der Waals surface area contributed by atoms with E-state index >= 15 is 0 Å². The number of hydrogen-bond acceptors (Lipinski definition) is 5. The van der Waals surface area contributed by atoms with Crippen LogP contribution in [0.25, 0.3) is 0 Å². The molecule has 0 heterocycles. The number of carbonyl (C=O) groups excluding carboxylic acids is 1. The van der Waals surface area contributed by atoms with Crippen LogP contribution < -0.4 is 0 Å². The van der Waals surface area contributed by atoms with Crippen molar-refractivity contribution < 1.29 is 25.2 Å². The van der Waals surface area contributed by atoms with Crippen LogP contribution in [0.2, 0.25) is 0 Å². The van der Waals surface area contributed by atoms with Crippen LogP contribution in [0, 0.1) is 58.2 Å². The van der Waals surface area contributed by atoms with Gasteiger partial charge in [-0.25, -0.2) is 0 Å². The summed E-state index contributed by atoms with van der Waals surface area (Å²) in [7, 11) is 0. The summed E-state index contributed by atoms with van der Waals surface area (Å²) >= 11 is 0. The molecule has 188 valence electrons. The van der Waals surface area contributed by atoms with Gasteiger partial charge in [0.15, 0.2) is 0 Å². The van der Waals surface area contributed by atoms with Crippen LogP contribution in [0.5, 0.6) is 0 Å². The van der Waals surface area contributed by atoms with E-state index in [2.05, 4.69) is 46.8 Å². The van der Waals surface area contributed by atoms with Crippen LogP contribution in [0.1, 0.15) is 73.1 Å². The number of allylic oxidation sites excluding steroid dienone is 1. The molecule has 12 atom stereocenters. The fraction of sp³-hybridized carbons (Fsp3) is 0.893. The Balaban J connectivity index is 1.62. The van der Waals surface area contributed by atoms with Gasteiger partial charge in [-0.1, -0.05) is 46.8 Å². The van der Waals surface area contributed by atoms with E-state index in [0.717, 1.165) is 25.7 Å². The highest BCUT2D eigenvalue weighted by atomic mass is 16.3. The van der Waals surface area contributed by atoms with E-state index in [1.165, 1.54) is 0 Å². The Labute approximate surface area is 199 Å².